The van der Waals surface area contributed by atoms with Crippen LogP contribution in [0.15, 0.2) is 35.5 Å². The molecule has 27 heavy (non-hydrogen) atoms. The molecule has 1 aliphatic rings. The summed E-state index contributed by atoms with van der Waals surface area (Å²) in [5.41, 5.74) is 0.912. The molecule has 3 rings (SSSR count). The van der Waals surface area contributed by atoms with Gasteiger partial charge in [0.25, 0.3) is 5.88 Å². The first-order chi connectivity index (χ1) is 13.0. The number of hydrogen-bond acceptors (Lipinski definition) is 7. The van der Waals surface area contributed by atoms with Crippen LogP contribution in [-0.4, -0.2) is 49.0 Å². The van der Waals surface area contributed by atoms with Crippen LogP contribution in [-0.2, 0) is 10.0 Å². The molecule has 0 aliphatic carbocycles. The Labute approximate surface area is 158 Å². The molecule has 1 aromatic carbocycles. The van der Waals surface area contributed by atoms with Crippen LogP contribution in [0.1, 0.15) is 24.1 Å². The molecule has 8 nitrogen and oxygen atoms in total. The fourth-order valence-electron chi connectivity index (χ4n) is 2.99. The van der Waals surface area contributed by atoms with Gasteiger partial charge in [0.15, 0.2) is 0 Å². The Kier molecular flexibility index (Phi) is 5.58. The number of benzene rings is 1. The Morgan fingerprint density at radius 2 is 2.07 bits per heavy atom. The molecule has 0 spiro atoms. The van der Waals surface area contributed by atoms with Crippen LogP contribution in [0.4, 0.5) is 0 Å². The third kappa shape index (κ3) is 4.02. The maximum absolute atomic E-state index is 13.2. The average molecular weight is 388 g/mol. The van der Waals surface area contributed by atoms with Crippen molar-refractivity contribution in [2.45, 2.75) is 30.8 Å². The predicted molar refractivity (Wildman–Crippen MR) is 96.9 cm³/mol. The minimum Gasteiger partial charge on any atom is -0.495 e. The molecule has 0 N–H and O–H groups in total. The van der Waals surface area contributed by atoms with Crippen molar-refractivity contribution < 1.29 is 17.9 Å². The molecule has 9 heteroatoms. The molecule has 2 aromatic rings. The smallest absolute Gasteiger partial charge is 0.251 e. The van der Waals surface area contributed by atoms with E-state index in [1.54, 1.807) is 18.2 Å². The molecule has 0 bridgehead atoms. The van der Waals surface area contributed by atoms with Crippen molar-refractivity contribution in [3.8, 4) is 17.7 Å². The molecule has 1 unspecified atom stereocenters. The van der Waals surface area contributed by atoms with E-state index in [9.17, 15) is 8.42 Å². The second-order valence-corrected chi connectivity index (χ2v) is 8.13. The van der Waals surface area contributed by atoms with Gasteiger partial charge >= 0.3 is 0 Å². The molecule has 1 fully saturated rings. The number of methoxy groups -OCH3 is 1. The van der Waals surface area contributed by atoms with Gasteiger partial charge in [-0.15, -0.1) is 0 Å². The van der Waals surface area contributed by atoms with Gasteiger partial charge in [0.05, 0.1) is 13.7 Å². The highest BCUT2D eigenvalue weighted by Crippen LogP contribution is 2.30. The van der Waals surface area contributed by atoms with Crippen LogP contribution in [0, 0.1) is 18.3 Å². The van der Waals surface area contributed by atoms with E-state index < -0.39 is 16.1 Å². The zero-order valence-corrected chi connectivity index (χ0v) is 15.9. The van der Waals surface area contributed by atoms with Crippen LogP contribution in [0.25, 0.3) is 0 Å². The van der Waals surface area contributed by atoms with E-state index in [0.29, 0.717) is 25.1 Å². The van der Waals surface area contributed by atoms with Gasteiger partial charge in [0.1, 0.15) is 22.8 Å². The number of nitriles is 1. The van der Waals surface area contributed by atoms with Crippen LogP contribution >= 0.6 is 0 Å². The first kappa shape index (κ1) is 19.1. The van der Waals surface area contributed by atoms with E-state index in [4.69, 9.17) is 14.7 Å². The maximum Gasteiger partial charge on any atom is 0.251 e. The highest BCUT2D eigenvalue weighted by molar-refractivity contribution is 7.89. The number of rotatable bonds is 5. The van der Waals surface area contributed by atoms with Crippen molar-refractivity contribution in [2.24, 2.45) is 0 Å². The van der Waals surface area contributed by atoms with Crippen molar-refractivity contribution in [1.29, 1.82) is 5.26 Å². The van der Waals surface area contributed by atoms with Crippen molar-refractivity contribution in [2.75, 3.05) is 20.2 Å². The average Bonchev–Trinajstić information content (AvgIpc) is 2.68. The third-order valence-electron chi connectivity index (χ3n) is 4.33. The van der Waals surface area contributed by atoms with Crippen LogP contribution in [0.2, 0.25) is 0 Å². The van der Waals surface area contributed by atoms with Crippen molar-refractivity contribution >= 4 is 10.0 Å². The number of piperidine rings is 1. The molecule has 0 radical (unpaired) electrons. The summed E-state index contributed by atoms with van der Waals surface area (Å²) in [7, 11) is -2.29. The second kappa shape index (κ2) is 7.90. The monoisotopic (exact) mass is 388 g/mol. The molecule has 142 valence electrons. The van der Waals surface area contributed by atoms with Gasteiger partial charge in [0.2, 0.25) is 15.7 Å². The minimum absolute atomic E-state index is 0.0813. The molecule has 1 atom stereocenters. The van der Waals surface area contributed by atoms with E-state index in [2.05, 4.69) is 9.97 Å². The van der Waals surface area contributed by atoms with E-state index in [1.807, 2.05) is 13.0 Å². The topological polar surface area (TPSA) is 105 Å². The number of sulfonamides is 1. The molecule has 0 saturated carbocycles. The normalized spacial score (nSPS) is 17.9. The Morgan fingerprint density at radius 1 is 1.30 bits per heavy atom. The summed E-state index contributed by atoms with van der Waals surface area (Å²) >= 11 is 0. The maximum atomic E-state index is 13.2. The van der Waals surface area contributed by atoms with Gasteiger partial charge in [-0.25, -0.2) is 18.4 Å². The third-order valence-corrected chi connectivity index (χ3v) is 6.21. The van der Waals surface area contributed by atoms with Gasteiger partial charge in [-0.05, 0) is 37.5 Å². The molecule has 2 heterocycles. The Hall–Kier alpha value is -2.70. The highest BCUT2D eigenvalue weighted by Gasteiger charge is 2.33. The van der Waals surface area contributed by atoms with E-state index in [-0.39, 0.29) is 23.0 Å². The summed E-state index contributed by atoms with van der Waals surface area (Å²) < 4.78 is 38.7. The van der Waals surface area contributed by atoms with Crippen molar-refractivity contribution in [3.63, 3.8) is 0 Å². The van der Waals surface area contributed by atoms with Crippen LogP contribution in [0.5, 0.6) is 11.6 Å². The molecular weight excluding hydrogens is 368 g/mol. The lowest BCUT2D eigenvalue weighted by Gasteiger charge is -2.32. The molecule has 1 aliphatic heterocycles. The Morgan fingerprint density at radius 3 is 2.81 bits per heavy atom. The van der Waals surface area contributed by atoms with Gasteiger partial charge < -0.3 is 9.47 Å². The van der Waals surface area contributed by atoms with Crippen LogP contribution < -0.4 is 9.47 Å². The number of hydrogen-bond donors (Lipinski definition) is 0. The van der Waals surface area contributed by atoms with E-state index in [0.717, 1.165) is 5.56 Å². The molecule has 1 aromatic heterocycles. The molecule has 0 amide bonds. The summed E-state index contributed by atoms with van der Waals surface area (Å²) in [5, 5.41) is 9.11. The zero-order chi connectivity index (χ0) is 19.4. The summed E-state index contributed by atoms with van der Waals surface area (Å²) in [6, 6.07) is 6.99. The second-order valence-electron chi connectivity index (χ2n) is 6.22. The lowest BCUT2D eigenvalue weighted by molar-refractivity contribution is 0.123. The summed E-state index contributed by atoms with van der Waals surface area (Å²) in [6.07, 6.45) is 3.74. The van der Waals surface area contributed by atoms with Crippen molar-refractivity contribution in [1.82, 2.24) is 14.3 Å². The molecule has 1 saturated heterocycles. The van der Waals surface area contributed by atoms with Gasteiger partial charge in [-0.2, -0.15) is 9.57 Å². The standard InChI is InChI=1S/C18H20N4O4S/c1-13-5-6-16(25-2)17(10-13)27(23,24)22-9-3-4-14(12-22)26-18-15(11-19)20-7-8-21-18/h5-8,10,14H,3-4,9,12H2,1-2H3. The summed E-state index contributed by atoms with van der Waals surface area (Å²) in [4.78, 5) is 8.09. The van der Waals surface area contributed by atoms with Gasteiger partial charge in [-0.1, -0.05) is 6.07 Å². The first-order valence-corrected chi connectivity index (χ1v) is 9.92. The highest BCUT2D eigenvalue weighted by atomic mass is 32.2. The largest absolute Gasteiger partial charge is 0.495 e. The zero-order valence-electron chi connectivity index (χ0n) is 15.1. The van der Waals surface area contributed by atoms with E-state index in [1.165, 1.54) is 23.8 Å². The lowest BCUT2D eigenvalue weighted by atomic mass is 10.1. The quantitative estimate of drug-likeness (QED) is 0.770. The van der Waals surface area contributed by atoms with E-state index >= 15 is 0 Å². The first-order valence-electron chi connectivity index (χ1n) is 8.48. The van der Waals surface area contributed by atoms with Crippen molar-refractivity contribution in [3.05, 3.63) is 41.9 Å². The Balaban J connectivity index is 1.84. The number of aryl methyl sites for hydroxylation is 1. The van der Waals surface area contributed by atoms with Gasteiger partial charge in [0, 0.05) is 18.9 Å². The lowest BCUT2D eigenvalue weighted by Crippen LogP contribution is -2.44. The van der Waals surface area contributed by atoms with Gasteiger partial charge in [-0.3, -0.25) is 0 Å². The number of aromatic nitrogens is 2. The number of nitrogens with zero attached hydrogens (tertiary/aromatic N) is 4. The Bertz CT molecular complexity index is 972. The summed E-state index contributed by atoms with van der Waals surface area (Å²) in [6.45, 7) is 2.39. The SMILES string of the molecule is COc1ccc(C)cc1S(=O)(=O)N1CCCC(Oc2nccnc2C#N)C1. The number of ether oxygens (including phenoxy) is 2. The predicted octanol–water partition coefficient (Wildman–Crippen LogP) is 1.90. The fraction of sp³-hybridized carbons (Fsp3) is 0.389. The van der Waals surface area contributed by atoms with Crippen LogP contribution in [0.3, 0.4) is 0 Å². The molecular formula is C18H20N4O4S. The minimum atomic E-state index is -3.74. The summed E-state index contributed by atoms with van der Waals surface area (Å²) in [5.74, 6) is 0.432. The fourth-order valence-corrected chi connectivity index (χ4v) is 4.74.